The molecule has 0 bridgehead atoms. The molecule has 0 spiro atoms. The molecule has 1 fully saturated rings. The molecule has 1 heterocycles. The zero-order valence-electron chi connectivity index (χ0n) is 11.6. The maximum Gasteiger partial charge on any atom is 0.311 e. The van der Waals surface area contributed by atoms with Gasteiger partial charge in [-0.3, -0.25) is 9.59 Å². The van der Waals surface area contributed by atoms with Gasteiger partial charge in [0.2, 0.25) is 5.91 Å². The van der Waals surface area contributed by atoms with E-state index in [9.17, 15) is 14.7 Å². The highest BCUT2D eigenvalue weighted by atomic mass is 16.4. The molecule has 1 saturated heterocycles. The Balaban J connectivity index is 2.03. The van der Waals surface area contributed by atoms with Gasteiger partial charge in [-0.25, -0.2) is 0 Å². The van der Waals surface area contributed by atoms with E-state index in [1.807, 2.05) is 30.3 Å². The standard InChI is InChI=1S/C16H19NO3/c1-16(15(19)20)10-5-11-17(12-16)14(18)9-8-13-6-3-2-4-7-13/h2-4,6-9H,5,10-12H2,1H3,(H,19,20). The first-order chi connectivity index (χ1) is 9.51. The highest BCUT2D eigenvalue weighted by Crippen LogP contribution is 2.29. The molecule has 1 aliphatic heterocycles. The number of nitrogens with zero attached hydrogens (tertiary/aromatic N) is 1. The summed E-state index contributed by atoms with van der Waals surface area (Å²) < 4.78 is 0. The van der Waals surface area contributed by atoms with Gasteiger partial charge >= 0.3 is 5.97 Å². The Hall–Kier alpha value is -2.10. The SMILES string of the molecule is CC1(C(=O)O)CCCN(C(=O)C=Cc2ccccc2)C1. The number of aliphatic carboxylic acids is 1. The zero-order valence-corrected chi connectivity index (χ0v) is 11.6. The van der Waals surface area contributed by atoms with Gasteiger partial charge in [-0.1, -0.05) is 30.3 Å². The molecule has 0 saturated carbocycles. The summed E-state index contributed by atoms with van der Waals surface area (Å²) in [4.78, 5) is 25.0. The van der Waals surface area contributed by atoms with Crippen LogP contribution in [0, 0.1) is 5.41 Å². The van der Waals surface area contributed by atoms with E-state index >= 15 is 0 Å². The molecule has 1 aromatic carbocycles. The van der Waals surface area contributed by atoms with Crippen molar-refractivity contribution in [1.82, 2.24) is 4.90 Å². The lowest BCUT2D eigenvalue weighted by Gasteiger charge is -2.37. The van der Waals surface area contributed by atoms with Gasteiger partial charge < -0.3 is 10.0 Å². The van der Waals surface area contributed by atoms with Crippen LogP contribution in [0.3, 0.4) is 0 Å². The lowest BCUT2D eigenvalue weighted by Crippen LogP contribution is -2.47. The number of hydrogen-bond acceptors (Lipinski definition) is 2. The van der Waals surface area contributed by atoms with Crippen molar-refractivity contribution >= 4 is 18.0 Å². The average molecular weight is 273 g/mol. The maximum absolute atomic E-state index is 12.1. The van der Waals surface area contributed by atoms with Crippen LogP contribution in [0.25, 0.3) is 6.08 Å². The van der Waals surface area contributed by atoms with Crippen LogP contribution in [0.4, 0.5) is 0 Å². The van der Waals surface area contributed by atoms with Crippen LogP contribution in [0.2, 0.25) is 0 Å². The molecule has 1 unspecified atom stereocenters. The Morgan fingerprint density at radius 3 is 2.65 bits per heavy atom. The molecule has 1 N–H and O–H groups in total. The minimum Gasteiger partial charge on any atom is -0.481 e. The molecular weight excluding hydrogens is 254 g/mol. The number of benzene rings is 1. The van der Waals surface area contributed by atoms with Gasteiger partial charge in [-0.05, 0) is 31.4 Å². The largest absolute Gasteiger partial charge is 0.481 e. The fraction of sp³-hybridized carbons (Fsp3) is 0.375. The molecule has 0 aromatic heterocycles. The van der Waals surface area contributed by atoms with Crippen molar-refractivity contribution in [2.24, 2.45) is 5.41 Å². The van der Waals surface area contributed by atoms with E-state index in [2.05, 4.69) is 0 Å². The molecule has 106 valence electrons. The number of likely N-dealkylation sites (tertiary alicyclic amines) is 1. The van der Waals surface area contributed by atoms with Gasteiger partial charge in [0.25, 0.3) is 0 Å². The fourth-order valence-corrected chi connectivity index (χ4v) is 2.44. The summed E-state index contributed by atoms with van der Waals surface area (Å²) in [6.45, 7) is 2.61. The predicted octanol–water partition coefficient (Wildman–Crippen LogP) is 2.41. The van der Waals surface area contributed by atoms with Gasteiger partial charge in [0.15, 0.2) is 0 Å². The number of amides is 1. The van der Waals surface area contributed by atoms with Crippen molar-refractivity contribution < 1.29 is 14.7 Å². The molecule has 1 aliphatic rings. The third-order valence-electron chi connectivity index (χ3n) is 3.74. The van der Waals surface area contributed by atoms with E-state index in [0.29, 0.717) is 13.0 Å². The third-order valence-corrected chi connectivity index (χ3v) is 3.74. The van der Waals surface area contributed by atoms with Crippen LogP contribution in [-0.2, 0) is 9.59 Å². The first kappa shape index (κ1) is 14.3. The summed E-state index contributed by atoms with van der Waals surface area (Å²) in [5.41, 5.74) is 0.132. The zero-order chi connectivity index (χ0) is 14.6. The molecule has 1 amide bonds. The minimum atomic E-state index is -0.831. The quantitative estimate of drug-likeness (QED) is 0.860. The molecule has 4 heteroatoms. The molecule has 1 atom stereocenters. The Labute approximate surface area is 118 Å². The number of carbonyl (C=O) groups is 2. The molecule has 2 rings (SSSR count). The Morgan fingerprint density at radius 2 is 2.00 bits per heavy atom. The second-order valence-corrected chi connectivity index (χ2v) is 5.47. The van der Waals surface area contributed by atoms with Crippen LogP contribution in [0.1, 0.15) is 25.3 Å². The van der Waals surface area contributed by atoms with Crippen LogP contribution >= 0.6 is 0 Å². The Morgan fingerprint density at radius 1 is 1.30 bits per heavy atom. The summed E-state index contributed by atoms with van der Waals surface area (Å²) in [5.74, 6) is -0.955. The van der Waals surface area contributed by atoms with Crippen LogP contribution < -0.4 is 0 Å². The van der Waals surface area contributed by atoms with Gasteiger partial charge in [0.05, 0.1) is 5.41 Å². The van der Waals surface area contributed by atoms with Crippen molar-refractivity contribution in [3.05, 3.63) is 42.0 Å². The second kappa shape index (κ2) is 5.90. The van der Waals surface area contributed by atoms with Crippen molar-refractivity contribution in [2.75, 3.05) is 13.1 Å². The van der Waals surface area contributed by atoms with E-state index in [1.54, 1.807) is 17.9 Å². The number of rotatable bonds is 3. The second-order valence-electron chi connectivity index (χ2n) is 5.47. The van der Waals surface area contributed by atoms with E-state index in [1.165, 1.54) is 6.08 Å². The third kappa shape index (κ3) is 3.26. The molecule has 1 aromatic rings. The monoisotopic (exact) mass is 273 g/mol. The average Bonchev–Trinajstić information content (AvgIpc) is 2.46. The predicted molar refractivity (Wildman–Crippen MR) is 77.0 cm³/mol. The number of hydrogen-bond donors (Lipinski definition) is 1. The number of carbonyl (C=O) groups excluding carboxylic acids is 1. The Bertz CT molecular complexity index is 524. The van der Waals surface area contributed by atoms with Crippen molar-refractivity contribution in [2.45, 2.75) is 19.8 Å². The minimum absolute atomic E-state index is 0.124. The van der Waals surface area contributed by atoms with Crippen molar-refractivity contribution in [1.29, 1.82) is 0 Å². The van der Waals surface area contributed by atoms with Gasteiger partial charge in [-0.2, -0.15) is 0 Å². The summed E-state index contributed by atoms with van der Waals surface area (Å²) in [6, 6.07) is 9.57. The lowest BCUT2D eigenvalue weighted by molar-refractivity contribution is -0.152. The number of piperidine rings is 1. The molecular formula is C16H19NO3. The molecule has 4 nitrogen and oxygen atoms in total. The number of carboxylic acids is 1. The highest BCUT2D eigenvalue weighted by molar-refractivity contribution is 5.92. The van der Waals surface area contributed by atoms with Crippen LogP contribution in [0.5, 0.6) is 0 Å². The van der Waals surface area contributed by atoms with E-state index in [-0.39, 0.29) is 12.5 Å². The molecule has 20 heavy (non-hydrogen) atoms. The van der Waals surface area contributed by atoms with E-state index < -0.39 is 11.4 Å². The van der Waals surface area contributed by atoms with Gasteiger partial charge in [0, 0.05) is 19.2 Å². The number of carboxylic acid groups (broad SMARTS) is 1. The van der Waals surface area contributed by atoms with Crippen molar-refractivity contribution in [3.8, 4) is 0 Å². The van der Waals surface area contributed by atoms with E-state index in [0.717, 1.165) is 12.0 Å². The van der Waals surface area contributed by atoms with Gasteiger partial charge in [-0.15, -0.1) is 0 Å². The summed E-state index contributed by atoms with van der Waals surface area (Å²) in [6.07, 6.45) is 4.63. The van der Waals surface area contributed by atoms with E-state index in [4.69, 9.17) is 0 Å². The van der Waals surface area contributed by atoms with Crippen LogP contribution in [0.15, 0.2) is 36.4 Å². The Kier molecular flexibility index (Phi) is 4.23. The summed E-state index contributed by atoms with van der Waals surface area (Å²) in [7, 11) is 0. The topological polar surface area (TPSA) is 57.6 Å². The lowest BCUT2D eigenvalue weighted by atomic mass is 9.82. The maximum atomic E-state index is 12.1. The summed E-state index contributed by atoms with van der Waals surface area (Å²) in [5, 5.41) is 9.25. The van der Waals surface area contributed by atoms with Gasteiger partial charge in [0.1, 0.15) is 0 Å². The summed E-state index contributed by atoms with van der Waals surface area (Å²) >= 11 is 0. The smallest absolute Gasteiger partial charge is 0.311 e. The highest BCUT2D eigenvalue weighted by Gasteiger charge is 2.38. The van der Waals surface area contributed by atoms with Crippen molar-refractivity contribution in [3.63, 3.8) is 0 Å². The normalized spacial score (nSPS) is 22.9. The van der Waals surface area contributed by atoms with Crippen LogP contribution in [-0.4, -0.2) is 35.0 Å². The first-order valence-corrected chi connectivity index (χ1v) is 6.77. The fourth-order valence-electron chi connectivity index (χ4n) is 2.44. The first-order valence-electron chi connectivity index (χ1n) is 6.77. The molecule has 0 aliphatic carbocycles. The molecule has 0 radical (unpaired) electrons.